The highest BCUT2D eigenvalue weighted by Gasteiger charge is 2.28. The first-order valence-corrected chi connectivity index (χ1v) is 5.58. The molecule has 0 bridgehead atoms. The molecule has 0 aromatic carbocycles. The third-order valence-electron chi connectivity index (χ3n) is 2.23. The molecule has 1 rings (SSSR count). The predicted molar refractivity (Wildman–Crippen MR) is 62.5 cm³/mol. The summed E-state index contributed by atoms with van der Waals surface area (Å²) in [5.74, 6) is -0.347. The Morgan fingerprint density at radius 3 is 2.59 bits per heavy atom. The normalized spacial score (nSPS) is 24.8. The minimum Gasteiger partial charge on any atom is -0.457 e. The van der Waals surface area contributed by atoms with E-state index in [2.05, 4.69) is 5.32 Å². The molecule has 0 aromatic rings. The molecule has 5 nitrogen and oxygen atoms in total. The molecule has 0 fully saturated rings. The summed E-state index contributed by atoms with van der Waals surface area (Å²) in [6.45, 7) is 8.74. The van der Waals surface area contributed by atoms with E-state index in [1.807, 2.05) is 0 Å². The van der Waals surface area contributed by atoms with E-state index < -0.39 is 17.8 Å². The zero-order valence-electron chi connectivity index (χ0n) is 10.9. The van der Waals surface area contributed by atoms with Crippen LogP contribution in [0.5, 0.6) is 0 Å². The Kier molecular flexibility index (Phi) is 3.80. The Bertz CT molecular complexity index is 354. The first-order chi connectivity index (χ1) is 7.69. The third-order valence-corrected chi connectivity index (χ3v) is 2.23. The highest BCUT2D eigenvalue weighted by atomic mass is 16.6. The maximum atomic E-state index is 11.6. The second-order valence-electron chi connectivity index (χ2n) is 5.13. The van der Waals surface area contributed by atoms with Gasteiger partial charge in [-0.15, -0.1) is 0 Å². The van der Waals surface area contributed by atoms with Crippen molar-refractivity contribution in [1.82, 2.24) is 5.32 Å². The third kappa shape index (κ3) is 4.09. The summed E-state index contributed by atoms with van der Waals surface area (Å²) in [7, 11) is 0. The van der Waals surface area contributed by atoms with Crippen LogP contribution in [0.2, 0.25) is 0 Å². The topological polar surface area (TPSA) is 64.6 Å². The molecule has 1 aliphatic rings. The summed E-state index contributed by atoms with van der Waals surface area (Å²) >= 11 is 0. The summed E-state index contributed by atoms with van der Waals surface area (Å²) < 4.78 is 10.2. The zero-order chi connectivity index (χ0) is 13.2. The van der Waals surface area contributed by atoms with E-state index >= 15 is 0 Å². The molecule has 0 saturated heterocycles. The Morgan fingerprint density at radius 2 is 2.06 bits per heavy atom. The molecule has 2 unspecified atom stereocenters. The molecule has 0 spiro atoms. The van der Waals surface area contributed by atoms with Crippen LogP contribution in [0.4, 0.5) is 4.79 Å². The van der Waals surface area contributed by atoms with Gasteiger partial charge in [-0.05, 0) is 40.7 Å². The Balaban J connectivity index is 2.63. The maximum absolute atomic E-state index is 11.6. The van der Waals surface area contributed by atoms with Gasteiger partial charge in [-0.25, -0.2) is 9.59 Å². The molecule has 0 aliphatic carbocycles. The van der Waals surface area contributed by atoms with Crippen molar-refractivity contribution in [3.63, 3.8) is 0 Å². The number of alkyl carbamates (subject to hydrolysis) is 1. The summed E-state index contributed by atoms with van der Waals surface area (Å²) in [5, 5.41) is 2.66. The van der Waals surface area contributed by atoms with E-state index in [0.717, 1.165) is 0 Å². The molecular weight excluding hydrogens is 222 g/mol. The second-order valence-corrected chi connectivity index (χ2v) is 5.13. The minimum absolute atomic E-state index is 0.345. The molecule has 1 N–H and O–H groups in total. The molecule has 0 aromatic heterocycles. The number of hydrogen-bond donors (Lipinski definition) is 1. The van der Waals surface area contributed by atoms with Crippen LogP contribution in [0, 0.1) is 0 Å². The van der Waals surface area contributed by atoms with Crippen molar-refractivity contribution in [2.75, 3.05) is 0 Å². The van der Waals surface area contributed by atoms with Crippen molar-refractivity contribution in [3.8, 4) is 0 Å². The molecule has 5 heteroatoms. The summed E-state index contributed by atoms with van der Waals surface area (Å²) in [6, 6.07) is -0.345. The SMILES string of the molecule is CC1=CC(NC(=O)OC(C)(C)C)C(C)OC1=O. The van der Waals surface area contributed by atoms with Crippen LogP contribution < -0.4 is 5.32 Å². The van der Waals surface area contributed by atoms with Gasteiger partial charge >= 0.3 is 12.1 Å². The van der Waals surface area contributed by atoms with Crippen LogP contribution >= 0.6 is 0 Å². The summed E-state index contributed by atoms with van der Waals surface area (Å²) in [5.41, 5.74) is -0.0543. The van der Waals surface area contributed by atoms with E-state index in [0.29, 0.717) is 5.57 Å². The fraction of sp³-hybridized carbons (Fsp3) is 0.667. The van der Waals surface area contributed by atoms with Crippen LogP contribution in [-0.4, -0.2) is 29.8 Å². The number of ether oxygens (including phenoxy) is 2. The van der Waals surface area contributed by atoms with Gasteiger partial charge < -0.3 is 14.8 Å². The van der Waals surface area contributed by atoms with Gasteiger partial charge in [0.2, 0.25) is 0 Å². The molecule has 17 heavy (non-hydrogen) atoms. The standard InChI is InChI=1S/C12H19NO4/c1-7-6-9(8(2)16-10(7)14)13-11(15)17-12(3,4)5/h6,8-9H,1-5H3,(H,13,15). The van der Waals surface area contributed by atoms with Crippen molar-refractivity contribution in [2.45, 2.75) is 52.4 Å². The number of carbonyl (C=O) groups is 2. The molecule has 1 aliphatic heterocycles. The zero-order valence-corrected chi connectivity index (χ0v) is 10.9. The Morgan fingerprint density at radius 1 is 1.47 bits per heavy atom. The van der Waals surface area contributed by atoms with E-state index in [9.17, 15) is 9.59 Å². The van der Waals surface area contributed by atoms with Gasteiger partial charge in [0.05, 0.1) is 6.04 Å². The monoisotopic (exact) mass is 241 g/mol. The largest absolute Gasteiger partial charge is 0.457 e. The van der Waals surface area contributed by atoms with E-state index in [1.165, 1.54) is 0 Å². The van der Waals surface area contributed by atoms with Crippen LogP contribution in [0.15, 0.2) is 11.6 Å². The van der Waals surface area contributed by atoms with E-state index in [1.54, 1.807) is 40.7 Å². The molecule has 0 saturated carbocycles. The van der Waals surface area contributed by atoms with Crippen molar-refractivity contribution in [2.24, 2.45) is 0 Å². The van der Waals surface area contributed by atoms with Crippen LogP contribution in [0.3, 0.4) is 0 Å². The lowest BCUT2D eigenvalue weighted by molar-refractivity contribution is -0.145. The van der Waals surface area contributed by atoms with Gasteiger partial charge in [-0.3, -0.25) is 0 Å². The van der Waals surface area contributed by atoms with Gasteiger partial charge in [0.25, 0.3) is 0 Å². The van der Waals surface area contributed by atoms with Crippen LogP contribution in [0.1, 0.15) is 34.6 Å². The van der Waals surface area contributed by atoms with Crippen molar-refractivity contribution >= 4 is 12.1 Å². The van der Waals surface area contributed by atoms with Crippen LogP contribution in [0.25, 0.3) is 0 Å². The van der Waals surface area contributed by atoms with Crippen molar-refractivity contribution in [1.29, 1.82) is 0 Å². The first-order valence-electron chi connectivity index (χ1n) is 5.58. The van der Waals surface area contributed by atoms with Crippen molar-refractivity contribution < 1.29 is 19.1 Å². The average molecular weight is 241 g/mol. The lowest BCUT2D eigenvalue weighted by Gasteiger charge is -2.28. The smallest absolute Gasteiger partial charge is 0.408 e. The second kappa shape index (κ2) is 4.77. The highest BCUT2D eigenvalue weighted by Crippen LogP contribution is 2.15. The minimum atomic E-state index is -0.544. The van der Waals surface area contributed by atoms with Crippen LogP contribution in [-0.2, 0) is 14.3 Å². The Labute approximate surface area is 101 Å². The van der Waals surface area contributed by atoms with Gasteiger partial charge in [-0.2, -0.15) is 0 Å². The number of rotatable bonds is 1. The lowest BCUT2D eigenvalue weighted by atomic mass is 10.1. The fourth-order valence-corrected chi connectivity index (χ4v) is 1.41. The van der Waals surface area contributed by atoms with E-state index in [4.69, 9.17) is 9.47 Å². The number of hydrogen-bond acceptors (Lipinski definition) is 4. The lowest BCUT2D eigenvalue weighted by Crippen LogP contribution is -2.47. The molecule has 2 atom stereocenters. The number of cyclic esters (lactones) is 1. The predicted octanol–water partition coefficient (Wildman–Crippen LogP) is 1.77. The van der Waals surface area contributed by atoms with Gasteiger partial charge in [-0.1, -0.05) is 0 Å². The first kappa shape index (κ1) is 13.5. The number of nitrogens with one attached hydrogen (secondary N) is 1. The summed E-state index contributed by atoms with van der Waals surface area (Å²) in [6.07, 6.45) is 0.774. The highest BCUT2D eigenvalue weighted by molar-refractivity contribution is 5.89. The van der Waals surface area contributed by atoms with Gasteiger partial charge in [0.15, 0.2) is 0 Å². The number of amides is 1. The maximum Gasteiger partial charge on any atom is 0.408 e. The van der Waals surface area contributed by atoms with Gasteiger partial charge in [0.1, 0.15) is 11.7 Å². The molecule has 0 radical (unpaired) electrons. The number of carbonyl (C=O) groups excluding carboxylic acids is 2. The molecular formula is C12H19NO4. The van der Waals surface area contributed by atoms with Gasteiger partial charge in [0, 0.05) is 5.57 Å². The molecule has 1 heterocycles. The average Bonchev–Trinajstić information content (AvgIpc) is 2.11. The fourth-order valence-electron chi connectivity index (χ4n) is 1.41. The van der Waals surface area contributed by atoms with Crippen molar-refractivity contribution in [3.05, 3.63) is 11.6 Å². The quantitative estimate of drug-likeness (QED) is 0.711. The molecule has 96 valence electrons. The Hall–Kier alpha value is -1.52. The molecule has 1 amide bonds. The summed E-state index contributed by atoms with van der Waals surface area (Å²) in [4.78, 5) is 22.8. The number of esters is 1. The van der Waals surface area contributed by atoms with E-state index in [-0.39, 0.29) is 12.0 Å².